The summed E-state index contributed by atoms with van der Waals surface area (Å²) >= 11 is 6.40. The lowest BCUT2D eigenvalue weighted by Crippen LogP contribution is -2.42. The van der Waals surface area contributed by atoms with E-state index in [2.05, 4.69) is 0 Å². The van der Waals surface area contributed by atoms with E-state index in [1.54, 1.807) is 25.3 Å². The zero-order valence-corrected chi connectivity index (χ0v) is 19.1. The molecule has 3 aromatic rings. The summed E-state index contributed by atoms with van der Waals surface area (Å²) < 4.78 is 10.9. The Labute approximate surface area is 197 Å². The predicted octanol–water partition coefficient (Wildman–Crippen LogP) is 5.45. The summed E-state index contributed by atoms with van der Waals surface area (Å²) in [5.41, 5.74) is 2.80. The van der Waals surface area contributed by atoms with Crippen LogP contribution in [0.5, 0.6) is 11.5 Å². The third-order valence-corrected chi connectivity index (χ3v) is 6.35. The van der Waals surface area contributed by atoms with Gasteiger partial charge >= 0.3 is 5.97 Å². The second kappa shape index (κ2) is 9.55. The molecule has 0 saturated carbocycles. The third kappa shape index (κ3) is 4.39. The average Bonchev–Trinajstić information content (AvgIpc) is 3.29. The van der Waals surface area contributed by atoms with Crippen LogP contribution in [-0.4, -0.2) is 42.1 Å². The number of likely N-dealkylation sites (tertiary alicyclic amines) is 1. The molecule has 33 heavy (non-hydrogen) atoms. The molecular weight excluding hydrogens is 442 g/mol. The molecule has 1 heterocycles. The number of carboxylic acids is 1. The highest BCUT2D eigenvalue weighted by molar-refractivity contribution is 6.31. The van der Waals surface area contributed by atoms with Crippen molar-refractivity contribution in [3.8, 4) is 22.6 Å². The smallest absolute Gasteiger partial charge is 0.326 e. The van der Waals surface area contributed by atoms with Gasteiger partial charge in [-0.1, -0.05) is 48.0 Å². The van der Waals surface area contributed by atoms with Crippen LogP contribution in [0.1, 0.15) is 34.8 Å². The number of rotatable bonds is 6. The van der Waals surface area contributed by atoms with Gasteiger partial charge in [0.15, 0.2) is 0 Å². The minimum absolute atomic E-state index is 0.300. The maximum Gasteiger partial charge on any atom is 0.326 e. The maximum atomic E-state index is 13.7. The van der Waals surface area contributed by atoms with Crippen LogP contribution in [0.25, 0.3) is 11.1 Å². The summed E-state index contributed by atoms with van der Waals surface area (Å²) in [6.07, 6.45) is 0.859. The zero-order valence-electron chi connectivity index (χ0n) is 18.3. The molecule has 7 heteroatoms. The molecule has 3 aromatic carbocycles. The molecule has 0 radical (unpaired) electrons. The molecule has 1 N–H and O–H groups in total. The fourth-order valence-electron chi connectivity index (χ4n) is 4.38. The third-order valence-electron chi connectivity index (χ3n) is 6.00. The number of halogens is 1. The van der Waals surface area contributed by atoms with E-state index >= 15 is 0 Å². The molecule has 0 aromatic heterocycles. The molecule has 0 unspecified atom stereocenters. The average molecular weight is 466 g/mol. The van der Waals surface area contributed by atoms with Crippen molar-refractivity contribution in [2.75, 3.05) is 14.2 Å². The first kappa shape index (κ1) is 22.7. The summed E-state index contributed by atoms with van der Waals surface area (Å²) in [6, 6.07) is 18.7. The molecule has 2 atom stereocenters. The number of methoxy groups -OCH3 is 2. The van der Waals surface area contributed by atoms with Crippen LogP contribution in [0.2, 0.25) is 5.02 Å². The molecule has 1 fully saturated rings. The van der Waals surface area contributed by atoms with Crippen LogP contribution in [0.15, 0.2) is 66.7 Å². The van der Waals surface area contributed by atoms with Crippen molar-refractivity contribution in [1.29, 1.82) is 0 Å². The lowest BCUT2D eigenvalue weighted by molar-refractivity contribution is -0.141. The quantitative estimate of drug-likeness (QED) is 0.523. The number of benzene rings is 3. The largest absolute Gasteiger partial charge is 0.497 e. The number of carbonyl (C=O) groups excluding carboxylic acids is 1. The first-order chi connectivity index (χ1) is 15.9. The Morgan fingerprint density at radius 1 is 0.939 bits per heavy atom. The summed E-state index contributed by atoms with van der Waals surface area (Å²) in [5, 5.41) is 10.3. The van der Waals surface area contributed by atoms with Crippen molar-refractivity contribution in [2.24, 2.45) is 0 Å². The van der Waals surface area contributed by atoms with Gasteiger partial charge in [0, 0.05) is 5.02 Å². The van der Waals surface area contributed by atoms with Gasteiger partial charge in [-0.05, 0) is 59.9 Å². The standard InChI is InChI=1S/C26H24ClNO5/c1-32-18-7-5-6-16(14-18)17-10-11-20(24(15-17)33-2)25(29)28-22(12-13-23(28)26(30)31)19-8-3-4-9-21(19)27/h3-11,14-15,22-23H,12-13H2,1-2H3,(H,30,31)/t22-,23+/m1/s1. The number of carboxylic acid groups (broad SMARTS) is 1. The maximum absolute atomic E-state index is 13.7. The monoisotopic (exact) mass is 465 g/mol. The Morgan fingerprint density at radius 3 is 2.39 bits per heavy atom. The van der Waals surface area contributed by atoms with E-state index in [9.17, 15) is 14.7 Å². The van der Waals surface area contributed by atoms with Crippen molar-refractivity contribution in [2.45, 2.75) is 24.9 Å². The number of carbonyl (C=O) groups is 2. The number of ether oxygens (including phenoxy) is 2. The Balaban J connectivity index is 1.74. The molecule has 0 spiro atoms. The summed E-state index contributed by atoms with van der Waals surface area (Å²) in [4.78, 5) is 27.1. The van der Waals surface area contributed by atoms with Crippen LogP contribution in [-0.2, 0) is 4.79 Å². The van der Waals surface area contributed by atoms with Crippen molar-refractivity contribution in [3.05, 3.63) is 82.9 Å². The zero-order chi connectivity index (χ0) is 23.5. The first-order valence-corrected chi connectivity index (χ1v) is 10.9. The van der Waals surface area contributed by atoms with Crippen LogP contribution in [0.4, 0.5) is 0 Å². The first-order valence-electron chi connectivity index (χ1n) is 10.6. The van der Waals surface area contributed by atoms with Gasteiger partial charge < -0.3 is 19.5 Å². The van der Waals surface area contributed by atoms with E-state index in [4.69, 9.17) is 21.1 Å². The fraction of sp³-hybridized carbons (Fsp3) is 0.231. The highest BCUT2D eigenvalue weighted by Gasteiger charge is 2.43. The molecule has 1 amide bonds. The Bertz CT molecular complexity index is 1190. The van der Waals surface area contributed by atoms with Crippen LogP contribution >= 0.6 is 11.6 Å². The van der Waals surface area contributed by atoms with Gasteiger partial charge in [-0.15, -0.1) is 0 Å². The lowest BCUT2D eigenvalue weighted by Gasteiger charge is -2.30. The van der Waals surface area contributed by atoms with E-state index in [-0.39, 0.29) is 0 Å². The van der Waals surface area contributed by atoms with Crippen molar-refractivity contribution in [1.82, 2.24) is 4.90 Å². The van der Waals surface area contributed by atoms with Gasteiger partial charge in [0.1, 0.15) is 17.5 Å². The Morgan fingerprint density at radius 2 is 1.70 bits per heavy atom. The molecule has 1 aliphatic heterocycles. The van der Waals surface area contributed by atoms with Crippen LogP contribution in [0.3, 0.4) is 0 Å². The van der Waals surface area contributed by atoms with Crippen molar-refractivity contribution in [3.63, 3.8) is 0 Å². The van der Waals surface area contributed by atoms with Gasteiger partial charge in [-0.2, -0.15) is 0 Å². The van der Waals surface area contributed by atoms with Gasteiger partial charge in [0.25, 0.3) is 5.91 Å². The lowest BCUT2D eigenvalue weighted by atomic mass is 10.0. The SMILES string of the molecule is COc1cccc(-c2ccc(C(=O)N3[C@@H](c4ccccc4Cl)CC[C@H]3C(=O)O)c(OC)c2)c1. The Kier molecular flexibility index (Phi) is 6.56. The summed E-state index contributed by atoms with van der Waals surface area (Å²) in [7, 11) is 3.09. The van der Waals surface area contributed by atoms with E-state index in [1.807, 2.05) is 48.5 Å². The summed E-state index contributed by atoms with van der Waals surface area (Å²) in [5.74, 6) is -0.353. The fourth-order valence-corrected chi connectivity index (χ4v) is 4.64. The van der Waals surface area contributed by atoms with Gasteiger partial charge in [-0.3, -0.25) is 4.79 Å². The number of nitrogens with zero attached hydrogens (tertiary/aromatic N) is 1. The minimum Gasteiger partial charge on any atom is -0.497 e. The molecule has 6 nitrogen and oxygen atoms in total. The molecule has 1 aliphatic rings. The predicted molar refractivity (Wildman–Crippen MR) is 126 cm³/mol. The molecular formula is C26H24ClNO5. The molecule has 170 valence electrons. The molecule has 1 saturated heterocycles. The molecule has 4 rings (SSSR count). The van der Waals surface area contributed by atoms with E-state index < -0.39 is 24.0 Å². The van der Waals surface area contributed by atoms with E-state index in [0.717, 1.165) is 22.4 Å². The topological polar surface area (TPSA) is 76.1 Å². The van der Waals surface area contributed by atoms with Crippen LogP contribution in [0, 0.1) is 0 Å². The number of aliphatic carboxylic acids is 1. The minimum atomic E-state index is -1.04. The van der Waals surface area contributed by atoms with E-state index in [1.165, 1.54) is 12.0 Å². The van der Waals surface area contributed by atoms with Crippen LogP contribution < -0.4 is 9.47 Å². The molecule has 0 bridgehead atoms. The highest BCUT2D eigenvalue weighted by atomic mass is 35.5. The normalized spacial score (nSPS) is 17.6. The van der Waals surface area contributed by atoms with Crippen molar-refractivity contribution < 1.29 is 24.2 Å². The highest BCUT2D eigenvalue weighted by Crippen LogP contribution is 2.41. The molecule has 0 aliphatic carbocycles. The van der Waals surface area contributed by atoms with Crippen molar-refractivity contribution >= 4 is 23.5 Å². The summed E-state index contributed by atoms with van der Waals surface area (Å²) in [6.45, 7) is 0. The second-order valence-electron chi connectivity index (χ2n) is 7.83. The van der Waals surface area contributed by atoms with Gasteiger partial charge in [-0.25, -0.2) is 4.79 Å². The van der Waals surface area contributed by atoms with Gasteiger partial charge in [0.2, 0.25) is 0 Å². The number of hydrogen-bond acceptors (Lipinski definition) is 4. The second-order valence-corrected chi connectivity index (χ2v) is 8.24. The van der Waals surface area contributed by atoms with Gasteiger partial charge in [0.05, 0.1) is 25.8 Å². The number of hydrogen-bond donors (Lipinski definition) is 1. The number of amides is 1. The van der Waals surface area contributed by atoms with E-state index in [0.29, 0.717) is 29.2 Å². The Hall–Kier alpha value is -3.51.